The van der Waals surface area contributed by atoms with Gasteiger partial charge in [-0.1, -0.05) is 12.1 Å². The van der Waals surface area contributed by atoms with E-state index in [2.05, 4.69) is 10.6 Å². The lowest BCUT2D eigenvalue weighted by Gasteiger charge is -2.14. The molecule has 1 heterocycles. The monoisotopic (exact) mass is 312 g/mol. The number of nitrogens with one attached hydrogen (secondary N) is 2. The fourth-order valence-corrected chi connectivity index (χ4v) is 2.25. The minimum atomic E-state index is -0.506. The Bertz CT molecular complexity index is 844. The van der Waals surface area contributed by atoms with Gasteiger partial charge in [0.25, 0.3) is 10.9 Å². The lowest BCUT2D eigenvalue weighted by Crippen LogP contribution is -2.37. The van der Waals surface area contributed by atoms with Gasteiger partial charge in [0.05, 0.1) is 19.9 Å². The molecule has 0 fully saturated rings. The third-order valence-corrected chi connectivity index (χ3v) is 3.56. The quantitative estimate of drug-likeness (QED) is 0.650. The minimum Gasteiger partial charge on any atom is -0.497 e. The van der Waals surface area contributed by atoms with Gasteiger partial charge >= 0.3 is 0 Å². The second-order valence-electron chi connectivity index (χ2n) is 5.04. The average molecular weight is 312 g/mol. The highest BCUT2D eigenvalue weighted by molar-refractivity contribution is 5.73. The molecule has 0 bridgehead atoms. The molecule has 6 heteroatoms. The minimum absolute atomic E-state index is 0.305. The largest absolute Gasteiger partial charge is 0.497 e. The number of hydrogen-bond donors (Lipinski definition) is 2. The molecule has 0 atom stereocenters. The topological polar surface area (TPSA) is 80.6 Å². The number of furan rings is 1. The summed E-state index contributed by atoms with van der Waals surface area (Å²) in [6.07, 6.45) is 1.56. The lowest BCUT2D eigenvalue weighted by molar-refractivity contribution is 0.414. The van der Waals surface area contributed by atoms with Gasteiger partial charge in [-0.25, -0.2) is 0 Å². The predicted molar refractivity (Wildman–Crippen MR) is 87.7 cm³/mol. The fourth-order valence-electron chi connectivity index (χ4n) is 2.25. The van der Waals surface area contributed by atoms with Crippen molar-refractivity contribution in [2.45, 2.75) is 13.1 Å². The standard InChI is InChI=1S/C17H16N2O4/c1-22-12-6-4-11(5-7-12)9-18-14-15(17(21)16(14)20)19-10-13-3-2-8-23-13/h2-8,18-19H,9-10H2,1H3. The highest BCUT2D eigenvalue weighted by atomic mass is 16.5. The third-order valence-electron chi connectivity index (χ3n) is 3.56. The molecule has 3 rings (SSSR count). The van der Waals surface area contributed by atoms with Gasteiger partial charge in [-0.15, -0.1) is 0 Å². The second-order valence-corrected chi connectivity index (χ2v) is 5.04. The van der Waals surface area contributed by atoms with Crippen LogP contribution in [-0.2, 0) is 13.1 Å². The molecule has 0 aliphatic heterocycles. The molecule has 0 unspecified atom stereocenters. The Kier molecular flexibility index (Phi) is 4.14. The molecule has 0 saturated heterocycles. The zero-order valence-electron chi connectivity index (χ0n) is 12.6. The highest BCUT2D eigenvalue weighted by Gasteiger charge is 2.20. The molecular weight excluding hydrogens is 296 g/mol. The normalized spacial score (nSPS) is 10.7. The van der Waals surface area contributed by atoms with Crippen LogP contribution in [0.1, 0.15) is 11.3 Å². The van der Waals surface area contributed by atoms with Crippen LogP contribution in [-0.4, -0.2) is 7.11 Å². The number of ether oxygens (including phenoxy) is 1. The van der Waals surface area contributed by atoms with Gasteiger partial charge in [0.15, 0.2) is 0 Å². The van der Waals surface area contributed by atoms with Crippen molar-refractivity contribution in [1.82, 2.24) is 0 Å². The van der Waals surface area contributed by atoms with E-state index in [-0.39, 0.29) is 0 Å². The maximum atomic E-state index is 11.7. The summed E-state index contributed by atoms with van der Waals surface area (Å²) in [6, 6.07) is 11.0. The Morgan fingerprint density at radius 3 is 2.17 bits per heavy atom. The Hall–Kier alpha value is -3.02. The van der Waals surface area contributed by atoms with Crippen LogP contribution >= 0.6 is 0 Å². The van der Waals surface area contributed by atoms with Crippen LogP contribution < -0.4 is 26.2 Å². The third kappa shape index (κ3) is 3.11. The van der Waals surface area contributed by atoms with Crippen molar-refractivity contribution in [2.75, 3.05) is 17.7 Å². The van der Waals surface area contributed by atoms with Crippen molar-refractivity contribution >= 4 is 11.4 Å². The van der Waals surface area contributed by atoms with E-state index >= 15 is 0 Å². The van der Waals surface area contributed by atoms with E-state index < -0.39 is 10.9 Å². The van der Waals surface area contributed by atoms with E-state index in [4.69, 9.17) is 9.15 Å². The first-order chi connectivity index (χ1) is 11.2. The maximum absolute atomic E-state index is 11.7. The Balaban J connectivity index is 1.64. The van der Waals surface area contributed by atoms with Gasteiger partial charge in [0.1, 0.15) is 22.9 Å². The molecule has 118 valence electrons. The van der Waals surface area contributed by atoms with Crippen molar-refractivity contribution in [3.8, 4) is 5.75 Å². The fraction of sp³-hybridized carbons (Fsp3) is 0.176. The smallest absolute Gasteiger partial charge is 0.253 e. The van der Waals surface area contributed by atoms with E-state index in [0.717, 1.165) is 11.3 Å². The summed E-state index contributed by atoms with van der Waals surface area (Å²) < 4.78 is 10.3. The molecule has 2 aromatic carbocycles. The summed E-state index contributed by atoms with van der Waals surface area (Å²) >= 11 is 0. The van der Waals surface area contributed by atoms with E-state index in [1.165, 1.54) is 0 Å². The van der Waals surface area contributed by atoms with Gasteiger partial charge in [-0.3, -0.25) is 9.59 Å². The molecule has 0 saturated carbocycles. The van der Waals surface area contributed by atoms with Crippen LogP contribution in [0.15, 0.2) is 56.7 Å². The molecule has 1 aromatic heterocycles. The predicted octanol–water partition coefficient (Wildman–Crippen LogP) is 2.11. The van der Waals surface area contributed by atoms with Crippen molar-refractivity contribution in [3.63, 3.8) is 0 Å². The first-order valence-corrected chi connectivity index (χ1v) is 7.15. The summed E-state index contributed by atoms with van der Waals surface area (Å²) in [6.45, 7) is 0.805. The first-order valence-electron chi connectivity index (χ1n) is 7.15. The zero-order valence-corrected chi connectivity index (χ0v) is 12.6. The molecule has 0 spiro atoms. The maximum Gasteiger partial charge on any atom is 0.253 e. The molecular formula is C17H16N2O4. The van der Waals surface area contributed by atoms with Crippen LogP contribution in [0.5, 0.6) is 5.75 Å². The summed E-state index contributed by atoms with van der Waals surface area (Å²) in [4.78, 5) is 23.4. The van der Waals surface area contributed by atoms with Crippen LogP contribution in [0.4, 0.5) is 11.4 Å². The highest BCUT2D eigenvalue weighted by Crippen LogP contribution is 2.18. The van der Waals surface area contributed by atoms with Crippen molar-refractivity contribution in [2.24, 2.45) is 0 Å². The van der Waals surface area contributed by atoms with Crippen LogP contribution in [0, 0.1) is 0 Å². The van der Waals surface area contributed by atoms with Crippen LogP contribution in [0.3, 0.4) is 0 Å². The number of rotatable bonds is 7. The van der Waals surface area contributed by atoms with E-state index in [1.54, 1.807) is 25.5 Å². The summed E-state index contributed by atoms with van der Waals surface area (Å²) in [7, 11) is 1.60. The molecule has 0 aliphatic carbocycles. The van der Waals surface area contributed by atoms with Gasteiger partial charge < -0.3 is 19.8 Å². The van der Waals surface area contributed by atoms with Gasteiger partial charge in [0, 0.05) is 6.54 Å². The molecule has 0 amide bonds. The van der Waals surface area contributed by atoms with Gasteiger partial charge in [-0.05, 0) is 29.8 Å². The van der Waals surface area contributed by atoms with Crippen molar-refractivity contribution in [1.29, 1.82) is 0 Å². The first kappa shape index (κ1) is 14.9. The lowest BCUT2D eigenvalue weighted by atomic mass is 10.1. The number of benzene rings is 1. The number of anilines is 2. The Labute approximate surface area is 132 Å². The van der Waals surface area contributed by atoms with Crippen molar-refractivity contribution < 1.29 is 9.15 Å². The Morgan fingerprint density at radius 2 is 1.61 bits per heavy atom. The number of methoxy groups -OCH3 is 1. The SMILES string of the molecule is COc1ccc(CNc2c(NCc3ccco3)c(=O)c2=O)cc1. The summed E-state index contributed by atoms with van der Waals surface area (Å²) in [5.74, 6) is 1.46. The van der Waals surface area contributed by atoms with E-state index in [1.807, 2.05) is 24.3 Å². The van der Waals surface area contributed by atoms with Gasteiger partial charge in [-0.2, -0.15) is 0 Å². The molecule has 0 radical (unpaired) electrons. The molecule has 2 N–H and O–H groups in total. The summed E-state index contributed by atoms with van der Waals surface area (Å²) in [5, 5.41) is 5.95. The summed E-state index contributed by atoms with van der Waals surface area (Å²) in [5.41, 5.74) is 0.599. The van der Waals surface area contributed by atoms with Crippen LogP contribution in [0.25, 0.3) is 0 Å². The zero-order chi connectivity index (χ0) is 16.2. The molecule has 3 aromatic rings. The number of hydrogen-bond acceptors (Lipinski definition) is 6. The van der Waals surface area contributed by atoms with Gasteiger partial charge in [0.2, 0.25) is 0 Å². The molecule has 23 heavy (non-hydrogen) atoms. The molecule has 6 nitrogen and oxygen atoms in total. The molecule has 0 aliphatic rings. The van der Waals surface area contributed by atoms with E-state index in [0.29, 0.717) is 30.2 Å². The van der Waals surface area contributed by atoms with E-state index in [9.17, 15) is 9.59 Å². The average Bonchev–Trinajstić information content (AvgIpc) is 3.10. The van der Waals surface area contributed by atoms with Crippen LogP contribution in [0.2, 0.25) is 0 Å². The Morgan fingerprint density at radius 1 is 0.957 bits per heavy atom. The van der Waals surface area contributed by atoms with Crippen molar-refractivity contribution in [3.05, 3.63) is 74.4 Å². The second kappa shape index (κ2) is 6.39.